The third-order valence-corrected chi connectivity index (χ3v) is 7.36. The molecular formula is C21H32N2O6. The number of fused-ring (bicyclic) bond motifs is 1. The molecule has 2 amide bonds. The molecule has 0 aromatic carbocycles. The zero-order valence-electron chi connectivity index (χ0n) is 17.3. The van der Waals surface area contributed by atoms with E-state index in [1.54, 1.807) is 6.92 Å². The highest BCUT2D eigenvalue weighted by molar-refractivity contribution is 5.98. The first-order chi connectivity index (χ1) is 13.9. The zero-order chi connectivity index (χ0) is 20.8. The summed E-state index contributed by atoms with van der Waals surface area (Å²) in [6.07, 6.45) is 6.37. The van der Waals surface area contributed by atoms with Crippen LogP contribution in [0.3, 0.4) is 0 Å². The number of β-amino-alcohol motifs (C(OH)–C–C–N with tert-alkyl or cyclic N) is 1. The molecule has 29 heavy (non-hydrogen) atoms. The Morgan fingerprint density at radius 3 is 2.66 bits per heavy atom. The molecule has 4 fully saturated rings. The van der Waals surface area contributed by atoms with Crippen molar-refractivity contribution in [2.75, 3.05) is 19.8 Å². The van der Waals surface area contributed by atoms with Crippen molar-refractivity contribution in [3.8, 4) is 0 Å². The molecule has 2 bridgehead atoms. The Hall–Kier alpha value is -1.67. The van der Waals surface area contributed by atoms with E-state index in [4.69, 9.17) is 9.47 Å². The molecule has 8 nitrogen and oxygen atoms in total. The van der Waals surface area contributed by atoms with Crippen LogP contribution in [0.4, 0.5) is 0 Å². The Kier molecular flexibility index (Phi) is 5.36. The van der Waals surface area contributed by atoms with Gasteiger partial charge in [0.15, 0.2) is 0 Å². The third-order valence-electron chi connectivity index (χ3n) is 7.36. The fourth-order valence-electron chi connectivity index (χ4n) is 6.19. The highest BCUT2D eigenvalue weighted by atomic mass is 16.6. The van der Waals surface area contributed by atoms with Crippen molar-refractivity contribution in [1.82, 2.24) is 10.2 Å². The van der Waals surface area contributed by atoms with Gasteiger partial charge < -0.3 is 24.8 Å². The minimum Gasteiger partial charge on any atom is -0.466 e. The highest BCUT2D eigenvalue weighted by Crippen LogP contribution is 2.63. The number of hydrogen-bond donors (Lipinski definition) is 2. The predicted octanol–water partition coefficient (Wildman–Crippen LogP) is 0.755. The second-order valence-corrected chi connectivity index (χ2v) is 9.08. The zero-order valence-corrected chi connectivity index (χ0v) is 17.3. The Labute approximate surface area is 171 Å². The van der Waals surface area contributed by atoms with Gasteiger partial charge in [0.2, 0.25) is 11.8 Å². The number of amides is 2. The lowest BCUT2D eigenvalue weighted by atomic mass is 9.66. The molecule has 1 aliphatic carbocycles. The van der Waals surface area contributed by atoms with Crippen LogP contribution in [0.25, 0.3) is 0 Å². The van der Waals surface area contributed by atoms with E-state index in [1.807, 2.05) is 6.92 Å². The van der Waals surface area contributed by atoms with Gasteiger partial charge in [0.05, 0.1) is 24.7 Å². The van der Waals surface area contributed by atoms with Crippen molar-refractivity contribution >= 4 is 17.8 Å². The third kappa shape index (κ3) is 3.06. The van der Waals surface area contributed by atoms with Crippen LogP contribution in [0.15, 0.2) is 0 Å². The summed E-state index contributed by atoms with van der Waals surface area (Å²) in [6, 6.07) is -0.719. The first-order valence-electron chi connectivity index (χ1n) is 11.0. The fraction of sp³-hybridized carbons (Fsp3) is 0.857. The number of aliphatic hydroxyl groups is 1. The smallest absolute Gasteiger partial charge is 0.312 e. The Morgan fingerprint density at radius 2 is 2.00 bits per heavy atom. The van der Waals surface area contributed by atoms with Crippen molar-refractivity contribution < 1.29 is 29.0 Å². The van der Waals surface area contributed by atoms with E-state index in [0.717, 1.165) is 25.7 Å². The van der Waals surface area contributed by atoms with Gasteiger partial charge in [-0.3, -0.25) is 14.4 Å². The summed E-state index contributed by atoms with van der Waals surface area (Å²) in [6.45, 7) is 3.62. The number of hydrogen-bond acceptors (Lipinski definition) is 6. The number of nitrogens with zero attached hydrogens (tertiary/aromatic N) is 1. The summed E-state index contributed by atoms with van der Waals surface area (Å²) < 4.78 is 11.7. The SMILES string of the molecule is CCOC(=O)[C@@H]1[C@H]2C(=O)N(CCO)C(C(=O)NC3CCCCC3)C23CC[C@@]1(C)O3. The van der Waals surface area contributed by atoms with Gasteiger partial charge in [-0.05, 0) is 39.5 Å². The summed E-state index contributed by atoms with van der Waals surface area (Å²) in [5.41, 5.74) is -1.83. The second kappa shape index (κ2) is 7.54. The van der Waals surface area contributed by atoms with E-state index < -0.39 is 35.0 Å². The number of carbonyl (C=O) groups excluding carboxylic acids is 3. The summed E-state index contributed by atoms with van der Waals surface area (Å²) in [5.74, 6) is -2.42. The number of nitrogens with one attached hydrogen (secondary N) is 1. The molecule has 1 saturated carbocycles. The molecule has 0 aromatic heterocycles. The number of ether oxygens (including phenoxy) is 2. The van der Waals surface area contributed by atoms with E-state index in [-0.39, 0.29) is 37.6 Å². The number of likely N-dealkylation sites (tertiary alicyclic amines) is 1. The van der Waals surface area contributed by atoms with Gasteiger partial charge >= 0.3 is 5.97 Å². The van der Waals surface area contributed by atoms with Crippen LogP contribution in [-0.2, 0) is 23.9 Å². The van der Waals surface area contributed by atoms with Crippen molar-refractivity contribution in [2.24, 2.45) is 11.8 Å². The molecule has 5 atom stereocenters. The topological polar surface area (TPSA) is 105 Å². The largest absolute Gasteiger partial charge is 0.466 e. The van der Waals surface area contributed by atoms with E-state index in [9.17, 15) is 19.5 Å². The summed E-state index contributed by atoms with van der Waals surface area (Å²) >= 11 is 0. The Balaban J connectivity index is 1.66. The molecule has 2 N–H and O–H groups in total. The maximum absolute atomic E-state index is 13.4. The van der Waals surface area contributed by atoms with E-state index >= 15 is 0 Å². The van der Waals surface area contributed by atoms with Gasteiger partial charge in [-0.15, -0.1) is 0 Å². The lowest BCUT2D eigenvalue weighted by molar-refractivity contribution is -0.159. The van der Waals surface area contributed by atoms with Crippen molar-refractivity contribution in [1.29, 1.82) is 0 Å². The summed E-state index contributed by atoms with van der Waals surface area (Å²) in [7, 11) is 0. The molecule has 162 valence electrons. The second-order valence-electron chi connectivity index (χ2n) is 9.08. The average Bonchev–Trinajstić information content (AvgIpc) is 3.24. The molecule has 4 rings (SSSR count). The number of esters is 1. The van der Waals surface area contributed by atoms with Crippen LogP contribution in [-0.4, -0.2) is 70.8 Å². The van der Waals surface area contributed by atoms with Gasteiger partial charge in [0, 0.05) is 12.6 Å². The molecule has 0 radical (unpaired) electrons. The number of rotatable bonds is 6. The molecule has 3 aliphatic heterocycles. The van der Waals surface area contributed by atoms with Crippen molar-refractivity contribution in [2.45, 2.75) is 82.1 Å². The molecule has 2 unspecified atom stereocenters. The van der Waals surface area contributed by atoms with Gasteiger partial charge in [0.1, 0.15) is 17.6 Å². The monoisotopic (exact) mass is 408 g/mol. The standard InChI is InChI=1S/C21H32N2O6/c1-3-28-19(27)15-14-18(26)23(11-12-24)16(21(14)10-9-20(15,2)29-21)17(25)22-13-7-5-4-6-8-13/h13-16,24H,3-12H2,1-2H3,(H,22,25)/t14-,15-,16?,20+,21?/m0/s1. The quantitative estimate of drug-likeness (QED) is 0.629. The van der Waals surface area contributed by atoms with Crippen LogP contribution in [0.5, 0.6) is 0 Å². The maximum Gasteiger partial charge on any atom is 0.312 e. The first kappa shape index (κ1) is 20.6. The van der Waals surface area contributed by atoms with Gasteiger partial charge in [-0.25, -0.2) is 0 Å². The lowest BCUT2D eigenvalue weighted by Gasteiger charge is -2.35. The lowest BCUT2D eigenvalue weighted by Crippen LogP contribution is -2.57. The van der Waals surface area contributed by atoms with Crippen LogP contribution < -0.4 is 5.32 Å². The molecule has 3 saturated heterocycles. The minimum atomic E-state index is -1.03. The molecule has 1 spiro atoms. The van der Waals surface area contributed by atoms with Crippen LogP contribution in [0.1, 0.15) is 58.8 Å². The number of aliphatic hydroxyl groups excluding tert-OH is 1. The van der Waals surface area contributed by atoms with E-state index in [1.165, 1.54) is 11.3 Å². The summed E-state index contributed by atoms with van der Waals surface area (Å²) in [5, 5.41) is 12.7. The van der Waals surface area contributed by atoms with Gasteiger partial charge in [-0.2, -0.15) is 0 Å². The molecule has 3 heterocycles. The Morgan fingerprint density at radius 1 is 1.28 bits per heavy atom. The summed E-state index contributed by atoms with van der Waals surface area (Å²) in [4.78, 5) is 41.0. The van der Waals surface area contributed by atoms with Gasteiger partial charge in [-0.1, -0.05) is 19.3 Å². The Bertz CT molecular complexity index is 693. The molecular weight excluding hydrogens is 376 g/mol. The fourth-order valence-corrected chi connectivity index (χ4v) is 6.19. The van der Waals surface area contributed by atoms with Crippen LogP contribution in [0, 0.1) is 11.8 Å². The van der Waals surface area contributed by atoms with Crippen molar-refractivity contribution in [3.63, 3.8) is 0 Å². The average molecular weight is 408 g/mol. The van der Waals surface area contributed by atoms with Crippen molar-refractivity contribution in [3.05, 3.63) is 0 Å². The highest BCUT2D eigenvalue weighted by Gasteiger charge is 2.78. The first-order valence-corrected chi connectivity index (χ1v) is 11.0. The van der Waals surface area contributed by atoms with Gasteiger partial charge in [0.25, 0.3) is 0 Å². The maximum atomic E-state index is 13.4. The molecule has 4 aliphatic rings. The molecule has 0 aromatic rings. The predicted molar refractivity (Wildman–Crippen MR) is 103 cm³/mol. The number of carbonyl (C=O) groups is 3. The van der Waals surface area contributed by atoms with Crippen LogP contribution in [0.2, 0.25) is 0 Å². The molecule has 8 heteroatoms. The van der Waals surface area contributed by atoms with E-state index in [2.05, 4.69) is 5.32 Å². The minimum absolute atomic E-state index is 0.0510. The van der Waals surface area contributed by atoms with Crippen LogP contribution >= 0.6 is 0 Å². The van der Waals surface area contributed by atoms with E-state index in [0.29, 0.717) is 12.8 Å². The normalized spacial score (nSPS) is 38.9.